The van der Waals surface area contributed by atoms with Gasteiger partial charge in [-0.2, -0.15) is 0 Å². The lowest BCUT2D eigenvalue weighted by Gasteiger charge is -2.24. The molecule has 38 heavy (non-hydrogen) atoms. The first-order chi connectivity index (χ1) is 17.9. The highest BCUT2D eigenvalue weighted by Crippen LogP contribution is 2.32. The Labute approximate surface area is 222 Å². The SMILES string of the molecule is C[C@H](CCN(C)C[C@H]1O[C@@H](n2cnc3c(N)ncnc32)[C@H](O)[C@@H]1O)NC(=O)Nc1ccc(C(C)(C)C)cc1. The number of aliphatic hydroxyl groups is 2. The summed E-state index contributed by atoms with van der Waals surface area (Å²) >= 11 is 0. The molecule has 5 atom stereocenters. The second-order valence-electron chi connectivity index (χ2n) is 11.0. The largest absolute Gasteiger partial charge is 0.387 e. The number of amides is 2. The number of nitrogen functional groups attached to an aromatic ring is 1. The maximum atomic E-state index is 12.4. The Morgan fingerprint density at radius 1 is 1.18 bits per heavy atom. The maximum Gasteiger partial charge on any atom is 0.319 e. The molecule has 12 heteroatoms. The molecule has 2 amide bonds. The number of fused-ring (bicyclic) bond motifs is 1. The highest BCUT2D eigenvalue weighted by Gasteiger charge is 2.44. The number of likely N-dealkylation sites (N-methyl/N-ethyl adjacent to an activating group) is 1. The van der Waals surface area contributed by atoms with Crippen LogP contribution in [-0.2, 0) is 10.2 Å². The minimum Gasteiger partial charge on any atom is -0.387 e. The number of ether oxygens (including phenoxy) is 1. The molecule has 0 aliphatic carbocycles. The molecule has 12 nitrogen and oxygen atoms in total. The Morgan fingerprint density at radius 3 is 2.58 bits per heavy atom. The van der Waals surface area contributed by atoms with Crippen LogP contribution in [0.4, 0.5) is 16.3 Å². The van der Waals surface area contributed by atoms with Crippen molar-refractivity contribution in [2.75, 3.05) is 31.2 Å². The molecule has 0 radical (unpaired) electrons. The molecule has 1 aliphatic rings. The van der Waals surface area contributed by atoms with Gasteiger partial charge in [0.1, 0.15) is 30.2 Å². The first-order valence-corrected chi connectivity index (χ1v) is 12.7. The first kappa shape index (κ1) is 27.7. The molecular formula is C26H38N8O4. The third kappa shape index (κ3) is 6.21. The van der Waals surface area contributed by atoms with Gasteiger partial charge in [-0.25, -0.2) is 19.7 Å². The number of nitrogens with zero attached hydrogens (tertiary/aromatic N) is 5. The monoisotopic (exact) mass is 526 g/mol. The smallest absolute Gasteiger partial charge is 0.319 e. The zero-order chi connectivity index (χ0) is 27.6. The topological polar surface area (TPSA) is 164 Å². The lowest BCUT2D eigenvalue weighted by molar-refractivity contribution is -0.0423. The van der Waals surface area contributed by atoms with E-state index in [-0.39, 0.29) is 23.3 Å². The highest BCUT2D eigenvalue weighted by molar-refractivity contribution is 5.89. The van der Waals surface area contributed by atoms with E-state index in [1.165, 1.54) is 18.2 Å². The molecule has 0 saturated carbocycles. The summed E-state index contributed by atoms with van der Waals surface area (Å²) in [7, 11) is 1.90. The van der Waals surface area contributed by atoms with Gasteiger partial charge in [0.2, 0.25) is 0 Å². The number of benzene rings is 1. The second kappa shape index (κ2) is 11.2. The van der Waals surface area contributed by atoms with Crippen LogP contribution >= 0.6 is 0 Å². The van der Waals surface area contributed by atoms with Crippen LogP contribution in [0.2, 0.25) is 0 Å². The minimum atomic E-state index is -1.16. The molecule has 6 N–H and O–H groups in total. The van der Waals surface area contributed by atoms with Gasteiger partial charge in [-0.15, -0.1) is 0 Å². The summed E-state index contributed by atoms with van der Waals surface area (Å²) in [4.78, 5) is 26.7. The van der Waals surface area contributed by atoms with Gasteiger partial charge in [-0.05, 0) is 50.0 Å². The molecule has 3 heterocycles. The first-order valence-electron chi connectivity index (χ1n) is 12.7. The van der Waals surface area contributed by atoms with Crippen molar-refractivity contribution in [3.8, 4) is 0 Å². The number of carbonyl (C=O) groups excluding carboxylic acids is 1. The number of anilines is 2. The molecule has 1 fully saturated rings. The molecule has 0 unspecified atom stereocenters. The highest BCUT2D eigenvalue weighted by atomic mass is 16.6. The Hall–Kier alpha value is -3.32. The van der Waals surface area contributed by atoms with Crippen molar-refractivity contribution < 1.29 is 19.7 Å². The number of carbonyl (C=O) groups is 1. The zero-order valence-corrected chi connectivity index (χ0v) is 22.5. The van der Waals surface area contributed by atoms with Crippen molar-refractivity contribution in [2.45, 2.75) is 70.1 Å². The zero-order valence-electron chi connectivity index (χ0n) is 22.5. The third-order valence-corrected chi connectivity index (χ3v) is 6.82. The van der Waals surface area contributed by atoms with Crippen molar-refractivity contribution in [3.63, 3.8) is 0 Å². The Morgan fingerprint density at radius 2 is 1.89 bits per heavy atom. The van der Waals surface area contributed by atoms with E-state index < -0.39 is 24.5 Å². The van der Waals surface area contributed by atoms with Crippen molar-refractivity contribution >= 4 is 28.7 Å². The predicted octanol–water partition coefficient (Wildman–Crippen LogP) is 1.86. The maximum absolute atomic E-state index is 12.4. The predicted molar refractivity (Wildman–Crippen MR) is 145 cm³/mol. The van der Waals surface area contributed by atoms with Gasteiger partial charge in [0.25, 0.3) is 0 Å². The van der Waals surface area contributed by atoms with Crippen molar-refractivity contribution in [3.05, 3.63) is 42.5 Å². The molecule has 206 valence electrons. The molecule has 1 saturated heterocycles. The molecule has 0 bridgehead atoms. The fourth-order valence-electron chi connectivity index (χ4n) is 4.50. The molecule has 1 aliphatic heterocycles. The van der Waals surface area contributed by atoms with Crippen molar-refractivity contribution in [1.29, 1.82) is 0 Å². The summed E-state index contributed by atoms with van der Waals surface area (Å²) in [5.41, 5.74) is 8.67. The van der Waals surface area contributed by atoms with Crippen LogP contribution in [0.15, 0.2) is 36.9 Å². The van der Waals surface area contributed by atoms with Gasteiger partial charge < -0.3 is 36.2 Å². The molecular weight excluding hydrogens is 488 g/mol. The summed E-state index contributed by atoms with van der Waals surface area (Å²) in [6.07, 6.45) is -0.265. The van der Waals surface area contributed by atoms with E-state index >= 15 is 0 Å². The van der Waals surface area contributed by atoms with E-state index in [2.05, 4.69) is 46.4 Å². The van der Waals surface area contributed by atoms with E-state index in [1.807, 2.05) is 43.1 Å². The standard InChI is InChI=1S/C26H38N8O4/c1-15(31-25(37)32-17-8-6-16(7-9-17)26(2,3)4)10-11-33(5)12-18-20(35)21(36)24(38-18)34-14-30-19-22(27)28-13-29-23(19)34/h6-9,13-15,18,20-21,24,35-36H,10-12H2,1-5H3,(H2,27,28,29)(H2,31,32,37)/t15-,18-,20-,21-,24-/m1/s1. The van der Waals surface area contributed by atoms with Crippen LogP contribution < -0.4 is 16.4 Å². The Bertz CT molecular complexity index is 1240. The number of imidazole rings is 1. The van der Waals surface area contributed by atoms with Crippen molar-refractivity contribution in [2.24, 2.45) is 0 Å². The normalized spacial score (nSPS) is 22.6. The van der Waals surface area contributed by atoms with Crippen LogP contribution in [-0.4, -0.2) is 85.2 Å². The molecule has 0 spiro atoms. The summed E-state index contributed by atoms with van der Waals surface area (Å²) in [5, 5.41) is 27.1. The number of hydrogen-bond acceptors (Lipinski definition) is 9. The number of urea groups is 1. The van der Waals surface area contributed by atoms with Gasteiger partial charge in [0.15, 0.2) is 17.7 Å². The summed E-state index contributed by atoms with van der Waals surface area (Å²) < 4.78 is 7.57. The number of nitrogens with one attached hydrogen (secondary N) is 2. The van der Waals surface area contributed by atoms with Gasteiger partial charge in [-0.3, -0.25) is 4.57 Å². The summed E-state index contributed by atoms with van der Waals surface area (Å²) in [6.45, 7) is 9.41. The fraction of sp³-hybridized carbons (Fsp3) is 0.538. The third-order valence-electron chi connectivity index (χ3n) is 6.82. The number of rotatable bonds is 8. The average molecular weight is 527 g/mol. The number of aliphatic hydroxyl groups excluding tert-OH is 2. The number of hydrogen-bond donors (Lipinski definition) is 5. The summed E-state index contributed by atoms with van der Waals surface area (Å²) in [5.74, 6) is 0.230. The lowest BCUT2D eigenvalue weighted by atomic mass is 9.87. The van der Waals surface area contributed by atoms with Crippen LogP contribution in [0, 0.1) is 0 Å². The van der Waals surface area contributed by atoms with Crippen LogP contribution in [0.3, 0.4) is 0 Å². The van der Waals surface area contributed by atoms with Gasteiger partial charge in [0, 0.05) is 18.3 Å². The quantitative estimate of drug-likeness (QED) is 0.295. The van der Waals surface area contributed by atoms with Crippen molar-refractivity contribution in [1.82, 2.24) is 29.7 Å². The van der Waals surface area contributed by atoms with Gasteiger partial charge in [-0.1, -0.05) is 32.9 Å². The average Bonchev–Trinajstić information content (AvgIpc) is 3.40. The Balaban J connectivity index is 1.25. The fourth-order valence-corrected chi connectivity index (χ4v) is 4.50. The van der Waals surface area contributed by atoms with E-state index in [0.717, 1.165) is 5.69 Å². The molecule has 4 rings (SSSR count). The Kier molecular flexibility index (Phi) is 8.16. The van der Waals surface area contributed by atoms with Gasteiger partial charge >= 0.3 is 6.03 Å². The molecule has 2 aromatic heterocycles. The minimum absolute atomic E-state index is 0.0528. The van der Waals surface area contributed by atoms with Gasteiger partial charge in [0.05, 0.1) is 6.33 Å². The lowest BCUT2D eigenvalue weighted by Crippen LogP contribution is -2.41. The number of aromatic nitrogens is 4. The van der Waals surface area contributed by atoms with Crippen LogP contribution in [0.25, 0.3) is 11.2 Å². The van der Waals surface area contributed by atoms with E-state index in [4.69, 9.17) is 10.5 Å². The molecule has 1 aromatic carbocycles. The second-order valence-corrected chi connectivity index (χ2v) is 11.0. The molecule has 3 aromatic rings. The van der Waals surface area contributed by atoms with E-state index in [9.17, 15) is 15.0 Å². The summed E-state index contributed by atoms with van der Waals surface area (Å²) in [6, 6.07) is 7.51. The number of nitrogens with two attached hydrogens (primary N) is 1. The van der Waals surface area contributed by atoms with Crippen LogP contribution in [0.5, 0.6) is 0 Å². The van der Waals surface area contributed by atoms with Crippen LogP contribution in [0.1, 0.15) is 45.9 Å². The van der Waals surface area contributed by atoms with E-state index in [1.54, 1.807) is 4.57 Å². The van der Waals surface area contributed by atoms with E-state index in [0.29, 0.717) is 30.7 Å².